The smallest absolute Gasteiger partial charge is 0.123 e. The van der Waals surface area contributed by atoms with E-state index in [9.17, 15) is 4.39 Å². The maximum absolute atomic E-state index is 13.9. The van der Waals surface area contributed by atoms with Gasteiger partial charge in [0, 0.05) is 46.0 Å². The van der Waals surface area contributed by atoms with Gasteiger partial charge in [-0.05, 0) is 91.9 Å². The van der Waals surface area contributed by atoms with Crippen molar-refractivity contribution in [1.82, 2.24) is 30.5 Å². The van der Waals surface area contributed by atoms with E-state index in [0.29, 0.717) is 5.92 Å². The average molecular weight is 503 g/mol. The highest BCUT2D eigenvalue weighted by Crippen LogP contribution is 2.34. The normalized spacial score (nSPS) is 15.9. The number of piperidine rings is 1. The maximum atomic E-state index is 13.9. The Morgan fingerprint density at radius 1 is 0.868 bits per heavy atom. The van der Waals surface area contributed by atoms with Crippen LogP contribution in [-0.4, -0.2) is 38.2 Å². The zero-order chi connectivity index (χ0) is 25.5. The fourth-order valence-corrected chi connectivity index (χ4v) is 5.63. The van der Waals surface area contributed by atoms with E-state index >= 15 is 0 Å². The number of nitrogens with zero attached hydrogens (tertiary/aromatic N) is 3. The van der Waals surface area contributed by atoms with Gasteiger partial charge in [0.15, 0.2) is 0 Å². The fourth-order valence-electron chi connectivity index (χ4n) is 5.63. The summed E-state index contributed by atoms with van der Waals surface area (Å²) in [6.45, 7) is 2.20. The SMILES string of the molecule is Fc1cccc(-c2nccc3[nH]c(-c4n[nH]c5ccc(-c6cncc(CC7CCCNC7)c6)cc45)cc23)c1. The Bertz CT molecular complexity index is 1760. The van der Waals surface area contributed by atoms with Gasteiger partial charge in [-0.25, -0.2) is 4.39 Å². The number of nitrogens with one attached hydrogen (secondary N) is 3. The van der Waals surface area contributed by atoms with Crippen LogP contribution >= 0.6 is 0 Å². The van der Waals surface area contributed by atoms with Gasteiger partial charge in [0.25, 0.3) is 0 Å². The van der Waals surface area contributed by atoms with Crippen molar-refractivity contribution in [3.05, 3.63) is 90.6 Å². The third kappa shape index (κ3) is 4.25. The van der Waals surface area contributed by atoms with Crippen LogP contribution in [0.15, 0.2) is 79.3 Å². The fraction of sp³-hybridized carbons (Fsp3) is 0.194. The monoisotopic (exact) mass is 502 g/mol. The molecule has 1 unspecified atom stereocenters. The van der Waals surface area contributed by atoms with Crippen LogP contribution < -0.4 is 5.32 Å². The molecular formula is C31H27FN6. The maximum Gasteiger partial charge on any atom is 0.123 e. The summed E-state index contributed by atoms with van der Waals surface area (Å²) in [6, 6.07) is 19.1. The van der Waals surface area contributed by atoms with E-state index in [-0.39, 0.29) is 5.82 Å². The lowest BCUT2D eigenvalue weighted by atomic mass is 9.92. The first-order valence-corrected chi connectivity index (χ1v) is 13.1. The van der Waals surface area contributed by atoms with Gasteiger partial charge in [0.1, 0.15) is 11.5 Å². The molecule has 3 N–H and O–H groups in total. The van der Waals surface area contributed by atoms with Gasteiger partial charge < -0.3 is 10.3 Å². The van der Waals surface area contributed by atoms with Gasteiger partial charge in [-0.15, -0.1) is 0 Å². The van der Waals surface area contributed by atoms with Crippen molar-refractivity contribution in [2.75, 3.05) is 13.1 Å². The number of H-pyrrole nitrogens is 2. The molecule has 1 aliphatic rings. The van der Waals surface area contributed by atoms with Crippen LogP contribution in [0, 0.1) is 11.7 Å². The molecule has 38 heavy (non-hydrogen) atoms. The molecule has 1 saturated heterocycles. The number of benzene rings is 2. The summed E-state index contributed by atoms with van der Waals surface area (Å²) in [5.41, 5.74) is 8.57. The second-order valence-electron chi connectivity index (χ2n) is 10.1. The number of fused-ring (bicyclic) bond motifs is 2. The molecule has 188 valence electrons. The predicted octanol–water partition coefficient (Wildman–Crippen LogP) is 6.52. The van der Waals surface area contributed by atoms with Gasteiger partial charge in [0.05, 0.1) is 16.9 Å². The summed E-state index contributed by atoms with van der Waals surface area (Å²) in [7, 11) is 0. The Balaban J connectivity index is 1.26. The zero-order valence-electron chi connectivity index (χ0n) is 20.8. The topological polar surface area (TPSA) is 82.3 Å². The second-order valence-corrected chi connectivity index (χ2v) is 10.1. The predicted molar refractivity (Wildman–Crippen MR) is 149 cm³/mol. The minimum atomic E-state index is -0.281. The summed E-state index contributed by atoms with van der Waals surface area (Å²) in [5.74, 6) is 0.384. The van der Waals surface area contributed by atoms with Crippen molar-refractivity contribution in [2.24, 2.45) is 5.92 Å². The molecule has 6 aromatic rings. The first-order chi connectivity index (χ1) is 18.7. The Morgan fingerprint density at radius 3 is 2.71 bits per heavy atom. The molecule has 0 amide bonds. The number of rotatable bonds is 5. The Labute approximate surface area is 219 Å². The highest BCUT2D eigenvalue weighted by atomic mass is 19.1. The number of pyridine rings is 2. The van der Waals surface area contributed by atoms with E-state index in [1.165, 1.54) is 30.5 Å². The standard InChI is InChI=1S/C31H27FN6/c32-24-5-1-4-22(13-24)30-26-15-29(36-27(26)8-10-35-30)31-25-14-21(6-7-28(25)37-38-31)23-12-20(17-34-18-23)11-19-3-2-9-33-16-19/h1,4-8,10,12-15,17-19,33,36H,2-3,9,11,16H2,(H,37,38). The molecule has 4 aromatic heterocycles. The van der Waals surface area contributed by atoms with Gasteiger partial charge >= 0.3 is 0 Å². The zero-order valence-corrected chi connectivity index (χ0v) is 20.8. The summed E-state index contributed by atoms with van der Waals surface area (Å²) in [4.78, 5) is 12.6. The molecule has 1 fully saturated rings. The molecular weight excluding hydrogens is 475 g/mol. The molecule has 0 bridgehead atoms. The first-order valence-electron chi connectivity index (χ1n) is 13.1. The molecule has 2 aromatic carbocycles. The minimum absolute atomic E-state index is 0.281. The molecule has 7 rings (SSSR count). The van der Waals surface area contributed by atoms with Crippen molar-refractivity contribution in [3.63, 3.8) is 0 Å². The number of aromatic amines is 2. The van der Waals surface area contributed by atoms with Crippen molar-refractivity contribution >= 4 is 21.8 Å². The number of hydrogen-bond acceptors (Lipinski definition) is 4. The highest BCUT2D eigenvalue weighted by Gasteiger charge is 2.17. The Morgan fingerprint density at radius 2 is 1.82 bits per heavy atom. The summed E-state index contributed by atoms with van der Waals surface area (Å²) in [6.07, 6.45) is 9.22. The highest BCUT2D eigenvalue weighted by molar-refractivity contribution is 6.00. The lowest BCUT2D eigenvalue weighted by Crippen LogP contribution is -2.30. The van der Waals surface area contributed by atoms with E-state index in [2.05, 4.69) is 54.7 Å². The van der Waals surface area contributed by atoms with E-state index in [1.807, 2.05) is 30.6 Å². The molecule has 0 saturated carbocycles. The number of aromatic nitrogens is 5. The van der Waals surface area contributed by atoms with E-state index < -0.39 is 0 Å². The van der Waals surface area contributed by atoms with Crippen LogP contribution in [0.3, 0.4) is 0 Å². The number of halogens is 1. The largest absolute Gasteiger partial charge is 0.353 e. The third-order valence-corrected chi connectivity index (χ3v) is 7.52. The van der Waals surface area contributed by atoms with E-state index in [1.54, 1.807) is 12.3 Å². The van der Waals surface area contributed by atoms with Crippen LogP contribution in [0.2, 0.25) is 0 Å². The molecule has 0 aliphatic carbocycles. The van der Waals surface area contributed by atoms with Gasteiger partial charge in [-0.1, -0.05) is 18.2 Å². The van der Waals surface area contributed by atoms with Crippen LogP contribution in [0.4, 0.5) is 4.39 Å². The second kappa shape index (κ2) is 9.50. The van der Waals surface area contributed by atoms with E-state index in [4.69, 9.17) is 0 Å². The molecule has 5 heterocycles. The van der Waals surface area contributed by atoms with Crippen molar-refractivity contribution < 1.29 is 4.39 Å². The molecule has 6 nitrogen and oxygen atoms in total. The van der Waals surface area contributed by atoms with Crippen molar-refractivity contribution in [3.8, 4) is 33.8 Å². The molecule has 0 radical (unpaired) electrons. The van der Waals surface area contributed by atoms with Gasteiger partial charge in [0.2, 0.25) is 0 Å². The third-order valence-electron chi connectivity index (χ3n) is 7.52. The van der Waals surface area contributed by atoms with Crippen molar-refractivity contribution in [2.45, 2.75) is 19.3 Å². The lowest BCUT2D eigenvalue weighted by Gasteiger charge is -2.22. The molecule has 1 aliphatic heterocycles. The van der Waals surface area contributed by atoms with Crippen molar-refractivity contribution in [1.29, 1.82) is 0 Å². The minimum Gasteiger partial charge on any atom is -0.353 e. The lowest BCUT2D eigenvalue weighted by molar-refractivity contribution is 0.376. The number of hydrogen-bond donors (Lipinski definition) is 3. The summed E-state index contributed by atoms with van der Waals surface area (Å²) in [5, 5.41) is 13.3. The van der Waals surface area contributed by atoms with Crippen LogP contribution in [-0.2, 0) is 6.42 Å². The average Bonchev–Trinajstić information content (AvgIpc) is 3.57. The Kier molecular flexibility index (Phi) is 5.70. The quantitative estimate of drug-likeness (QED) is 0.251. The molecule has 1 atom stereocenters. The van der Waals surface area contributed by atoms with Gasteiger partial charge in [-0.2, -0.15) is 5.10 Å². The van der Waals surface area contributed by atoms with E-state index in [0.717, 1.165) is 75.1 Å². The molecule has 0 spiro atoms. The van der Waals surface area contributed by atoms with Crippen LogP contribution in [0.1, 0.15) is 18.4 Å². The summed E-state index contributed by atoms with van der Waals surface area (Å²) < 4.78 is 13.9. The van der Waals surface area contributed by atoms with Crippen LogP contribution in [0.5, 0.6) is 0 Å². The first kappa shape index (κ1) is 22.8. The van der Waals surface area contributed by atoms with Crippen LogP contribution in [0.25, 0.3) is 55.6 Å². The Hall–Kier alpha value is -4.36. The molecule has 7 heteroatoms. The van der Waals surface area contributed by atoms with Gasteiger partial charge in [-0.3, -0.25) is 15.1 Å². The summed E-state index contributed by atoms with van der Waals surface area (Å²) >= 11 is 0.